The van der Waals surface area contributed by atoms with Gasteiger partial charge in [0.2, 0.25) is 0 Å². The summed E-state index contributed by atoms with van der Waals surface area (Å²) in [5.74, 6) is 0.214. The maximum atomic E-state index is 6.14. The minimum Gasteiger partial charge on any atom is -0.274 e. The van der Waals surface area contributed by atoms with Gasteiger partial charge in [-0.2, -0.15) is 0 Å². The minimum absolute atomic E-state index is 0.0281. The molecule has 37 heavy (non-hydrogen) atoms. The second-order valence-corrected chi connectivity index (χ2v) is 9.80. The first-order valence-electron chi connectivity index (χ1n) is 12.4. The molecule has 0 amide bonds. The lowest BCUT2D eigenvalue weighted by Gasteiger charge is -2.28. The van der Waals surface area contributed by atoms with E-state index in [1.807, 2.05) is 18.2 Å². The molecule has 0 N–H and O–H groups in total. The molecular weight excluding hydrogens is 474 g/mol. The number of dihydropyridines is 1. The topological polar surface area (TPSA) is 38.1 Å². The van der Waals surface area contributed by atoms with Gasteiger partial charge in [-0.25, -0.2) is 9.97 Å². The van der Waals surface area contributed by atoms with Crippen molar-refractivity contribution < 1.29 is 0 Å². The van der Waals surface area contributed by atoms with Crippen molar-refractivity contribution in [3.8, 4) is 22.4 Å². The molecular formula is C33H22ClN3. The van der Waals surface area contributed by atoms with Crippen LogP contribution in [0.2, 0.25) is 5.15 Å². The molecule has 3 nitrogen and oxygen atoms in total. The zero-order valence-electron chi connectivity index (χ0n) is 19.9. The Morgan fingerprint density at radius 1 is 0.622 bits per heavy atom. The fraction of sp³-hybridized carbons (Fsp3) is 0.0606. The third-order valence-corrected chi connectivity index (χ3v) is 7.28. The Kier molecular flexibility index (Phi) is 5.30. The van der Waals surface area contributed by atoms with Crippen LogP contribution < -0.4 is 0 Å². The van der Waals surface area contributed by atoms with E-state index in [2.05, 4.69) is 108 Å². The SMILES string of the molecule is Clc1ccc2ccc(-c3cccc(-c4ccc5c(n4)C4N=C(c6ccccc6)C=CC4C=C5)c3)cc2n1. The Labute approximate surface area is 220 Å². The summed E-state index contributed by atoms with van der Waals surface area (Å²) >= 11 is 6.14. The molecule has 3 aromatic carbocycles. The van der Waals surface area contributed by atoms with Crippen LogP contribution in [-0.4, -0.2) is 15.7 Å². The van der Waals surface area contributed by atoms with Gasteiger partial charge in [0.25, 0.3) is 0 Å². The number of halogens is 1. The van der Waals surface area contributed by atoms with Gasteiger partial charge in [0.05, 0.1) is 22.6 Å². The van der Waals surface area contributed by atoms with Gasteiger partial charge in [0.1, 0.15) is 11.2 Å². The van der Waals surface area contributed by atoms with Crippen molar-refractivity contribution in [2.45, 2.75) is 6.04 Å². The number of aliphatic imine (C=N–C) groups is 1. The van der Waals surface area contributed by atoms with Gasteiger partial charge >= 0.3 is 0 Å². The number of rotatable bonds is 3. The van der Waals surface area contributed by atoms with E-state index in [9.17, 15) is 0 Å². The molecule has 7 rings (SSSR count). The normalized spacial score (nSPS) is 17.8. The lowest BCUT2D eigenvalue weighted by molar-refractivity contribution is 0.592. The first kappa shape index (κ1) is 21.9. The molecule has 5 aromatic rings. The number of fused-ring (bicyclic) bond motifs is 4. The summed E-state index contributed by atoms with van der Waals surface area (Å²) < 4.78 is 0. The molecule has 1 aliphatic heterocycles. The monoisotopic (exact) mass is 495 g/mol. The first-order valence-corrected chi connectivity index (χ1v) is 12.8. The Hall–Kier alpha value is -4.34. The first-order chi connectivity index (χ1) is 18.2. The maximum absolute atomic E-state index is 6.14. The number of allylic oxidation sites excluding steroid dienone is 1. The van der Waals surface area contributed by atoms with Crippen LogP contribution >= 0.6 is 11.6 Å². The summed E-state index contributed by atoms with van der Waals surface area (Å²) in [6.45, 7) is 0. The Balaban J connectivity index is 1.27. The van der Waals surface area contributed by atoms with Crippen molar-refractivity contribution in [2.75, 3.05) is 0 Å². The Morgan fingerprint density at radius 2 is 1.41 bits per heavy atom. The predicted octanol–water partition coefficient (Wildman–Crippen LogP) is 8.36. The van der Waals surface area contributed by atoms with Crippen LogP contribution in [0, 0.1) is 5.92 Å². The zero-order chi connectivity index (χ0) is 24.8. The van der Waals surface area contributed by atoms with Crippen molar-refractivity contribution in [1.82, 2.24) is 9.97 Å². The fourth-order valence-corrected chi connectivity index (χ4v) is 5.30. The van der Waals surface area contributed by atoms with Crippen LogP contribution in [0.3, 0.4) is 0 Å². The Bertz CT molecular complexity index is 1750. The lowest BCUT2D eigenvalue weighted by atomic mass is 9.85. The molecule has 0 bridgehead atoms. The van der Waals surface area contributed by atoms with E-state index in [1.54, 1.807) is 0 Å². The van der Waals surface area contributed by atoms with Crippen LogP contribution in [0.25, 0.3) is 39.4 Å². The zero-order valence-corrected chi connectivity index (χ0v) is 20.7. The van der Waals surface area contributed by atoms with Gasteiger partial charge in [-0.3, -0.25) is 4.99 Å². The third kappa shape index (κ3) is 4.08. The average molecular weight is 496 g/mol. The highest BCUT2D eigenvalue weighted by atomic mass is 35.5. The number of benzene rings is 3. The molecule has 4 heteroatoms. The minimum atomic E-state index is -0.0281. The van der Waals surface area contributed by atoms with Crippen molar-refractivity contribution in [2.24, 2.45) is 10.9 Å². The van der Waals surface area contributed by atoms with Gasteiger partial charge in [-0.15, -0.1) is 0 Å². The molecule has 0 saturated carbocycles. The molecule has 1 aliphatic carbocycles. The van der Waals surface area contributed by atoms with Gasteiger partial charge in [0.15, 0.2) is 0 Å². The van der Waals surface area contributed by atoms with Crippen LogP contribution in [0.4, 0.5) is 0 Å². The maximum Gasteiger partial charge on any atom is 0.129 e. The largest absolute Gasteiger partial charge is 0.274 e. The number of pyridine rings is 2. The molecule has 0 saturated heterocycles. The smallest absolute Gasteiger partial charge is 0.129 e. The van der Waals surface area contributed by atoms with E-state index in [4.69, 9.17) is 21.6 Å². The summed E-state index contributed by atoms with van der Waals surface area (Å²) in [5.41, 5.74) is 9.40. The summed E-state index contributed by atoms with van der Waals surface area (Å²) in [4.78, 5) is 14.8. The van der Waals surface area contributed by atoms with Gasteiger partial charge in [-0.05, 0) is 58.7 Å². The summed E-state index contributed by atoms with van der Waals surface area (Å²) in [7, 11) is 0. The second kappa shape index (κ2) is 8.95. The van der Waals surface area contributed by atoms with E-state index >= 15 is 0 Å². The van der Waals surface area contributed by atoms with Crippen LogP contribution in [0.15, 0.2) is 120 Å². The van der Waals surface area contributed by atoms with Crippen molar-refractivity contribution in [1.29, 1.82) is 0 Å². The van der Waals surface area contributed by atoms with Crippen molar-refractivity contribution >= 4 is 34.3 Å². The number of hydrogen-bond acceptors (Lipinski definition) is 3. The summed E-state index contributed by atoms with van der Waals surface area (Å²) in [6.07, 6.45) is 8.78. The highest BCUT2D eigenvalue weighted by Crippen LogP contribution is 2.39. The third-order valence-electron chi connectivity index (χ3n) is 7.07. The highest BCUT2D eigenvalue weighted by molar-refractivity contribution is 6.29. The molecule has 0 radical (unpaired) electrons. The standard InChI is InChI=1S/C33H22ClN3/c34-31-18-15-22-9-12-26(20-30(22)35-31)25-7-4-8-27(19-25)29-17-14-24-11-10-23-13-16-28(21-5-2-1-3-6-21)36-32(23)33(24)37-29/h1-20,23,32H. The molecule has 0 spiro atoms. The van der Waals surface area contributed by atoms with Crippen LogP contribution in [0.5, 0.6) is 0 Å². The lowest BCUT2D eigenvalue weighted by Crippen LogP contribution is -2.19. The van der Waals surface area contributed by atoms with Gasteiger partial charge in [0, 0.05) is 16.9 Å². The van der Waals surface area contributed by atoms with Crippen LogP contribution in [-0.2, 0) is 0 Å². The molecule has 2 aliphatic rings. The van der Waals surface area contributed by atoms with E-state index in [1.165, 1.54) is 0 Å². The van der Waals surface area contributed by atoms with Crippen LogP contribution in [0.1, 0.15) is 22.9 Å². The van der Waals surface area contributed by atoms with Crippen molar-refractivity contribution in [3.63, 3.8) is 0 Å². The summed E-state index contributed by atoms with van der Waals surface area (Å²) in [6, 6.07) is 33.2. The van der Waals surface area contributed by atoms with E-state index in [-0.39, 0.29) is 12.0 Å². The fourth-order valence-electron chi connectivity index (χ4n) is 5.15. The molecule has 0 fully saturated rings. The van der Waals surface area contributed by atoms with E-state index in [0.29, 0.717) is 5.15 Å². The predicted molar refractivity (Wildman–Crippen MR) is 153 cm³/mol. The highest BCUT2D eigenvalue weighted by Gasteiger charge is 2.29. The van der Waals surface area contributed by atoms with E-state index < -0.39 is 0 Å². The van der Waals surface area contributed by atoms with Gasteiger partial charge in [-0.1, -0.05) is 96.6 Å². The quantitative estimate of drug-likeness (QED) is 0.236. The van der Waals surface area contributed by atoms with Crippen molar-refractivity contribution in [3.05, 3.63) is 137 Å². The molecule has 176 valence electrons. The molecule has 2 aromatic heterocycles. The summed E-state index contributed by atoms with van der Waals surface area (Å²) in [5, 5.41) is 1.57. The second-order valence-electron chi connectivity index (χ2n) is 9.41. The number of nitrogens with zero attached hydrogens (tertiary/aromatic N) is 3. The molecule has 2 atom stereocenters. The van der Waals surface area contributed by atoms with Gasteiger partial charge < -0.3 is 0 Å². The number of hydrogen-bond donors (Lipinski definition) is 0. The number of aromatic nitrogens is 2. The van der Waals surface area contributed by atoms with E-state index in [0.717, 1.165) is 55.8 Å². The molecule has 3 heterocycles. The Morgan fingerprint density at radius 3 is 2.32 bits per heavy atom. The molecule has 2 unspecified atom stereocenters. The average Bonchev–Trinajstić information content (AvgIpc) is 2.96.